The van der Waals surface area contributed by atoms with Gasteiger partial charge in [0.05, 0.1) is 6.54 Å². The van der Waals surface area contributed by atoms with Crippen LogP contribution in [0.15, 0.2) is 24.3 Å². The fraction of sp³-hybridized carbons (Fsp3) is 0.533. The van der Waals surface area contributed by atoms with Gasteiger partial charge in [0.2, 0.25) is 0 Å². The maximum Gasteiger partial charge on any atom is 0.176 e. The summed E-state index contributed by atoms with van der Waals surface area (Å²) in [5.74, 6) is 0.435. The molecule has 0 aromatic heterocycles. The van der Waals surface area contributed by atoms with E-state index >= 15 is 0 Å². The van der Waals surface area contributed by atoms with Crippen molar-refractivity contribution < 1.29 is 9.18 Å². The average Bonchev–Trinajstić information content (AvgIpc) is 2.34. The topological polar surface area (TPSA) is 20.3 Å². The molecule has 2 nitrogen and oxygen atoms in total. The fourth-order valence-corrected chi connectivity index (χ4v) is 2.51. The predicted octanol–water partition coefficient (Wildman–Crippen LogP) is 3.13. The second-order valence-corrected chi connectivity index (χ2v) is 5.39. The molecule has 1 aliphatic rings. The molecule has 0 N–H and O–H groups in total. The highest BCUT2D eigenvalue weighted by Crippen LogP contribution is 2.21. The van der Waals surface area contributed by atoms with E-state index in [2.05, 4.69) is 18.7 Å². The lowest BCUT2D eigenvalue weighted by Gasteiger charge is -2.36. The molecule has 2 unspecified atom stereocenters. The van der Waals surface area contributed by atoms with Gasteiger partial charge in [-0.1, -0.05) is 6.92 Å². The van der Waals surface area contributed by atoms with Crippen LogP contribution in [0.5, 0.6) is 0 Å². The Morgan fingerprint density at radius 3 is 2.61 bits per heavy atom. The van der Waals surface area contributed by atoms with E-state index in [0.29, 0.717) is 24.1 Å². The Bertz CT molecular complexity index is 415. The molecule has 0 amide bonds. The Balaban J connectivity index is 2.00. The van der Waals surface area contributed by atoms with Gasteiger partial charge in [0.1, 0.15) is 5.82 Å². The number of likely N-dealkylation sites (tertiary alicyclic amines) is 1. The summed E-state index contributed by atoms with van der Waals surface area (Å²) in [6.45, 7) is 5.82. The molecule has 2 atom stereocenters. The van der Waals surface area contributed by atoms with Crippen molar-refractivity contribution >= 4 is 5.78 Å². The highest BCUT2D eigenvalue weighted by Gasteiger charge is 2.24. The zero-order valence-electron chi connectivity index (χ0n) is 11.0. The third kappa shape index (κ3) is 3.16. The van der Waals surface area contributed by atoms with Crippen molar-refractivity contribution in [3.05, 3.63) is 35.6 Å². The van der Waals surface area contributed by atoms with Crippen LogP contribution in [0, 0.1) is 11.7 Å². The molecule has 98 valence electrons. The Labute approximate surface area is 108 Å². The van der Waals surface area contributed by atoms with E-state index in [1.165, 1.54) is 18.6 Å². The van der Waals surface area contributed by atoms with E-state index in [-0.39, 0.29) is 11.6 Å². The maximum atomic E-state index is 12.8. The number of hydrogen-bond donors (Lipinski definition) is 0. The second kappa shape index (κ2) is 5.61. The zero-order valence-corrected chi connectivity index (χ0v) is 11.0. The molecule has 3 heteroatoms. The minimum atomic E-state index is -0.300. The Morgan fingerprint density at radius 1 is 1.28 bits per heavy atom. The van der Waals surface area contributed by atoms with Gasteiger partial charge in [0.25, 0.3) is 0 Å². The Morgan fingerprint density at radius 2 is 1.94 bits per heavy atom. The monoisotopic (exact) mass is 249 g/mol. The summed E-state index contributed by atoms with van der Waals surface area (Å²) in [4.78, 5) is 14.3. The van der Waals surface area contributed by atoms with Crippen LogP contribution < -0.4 is 0 Å². The van der Waals surface area contributed by atoms with E-state index < -0.39 is 0 Å². The fourth-order valence-electron chi connectivity index (χ4n) is 2.51. The number of halogens is 1. The smallest absolute Gasteiger partial charge is 0.176 e. The molecule has 0 spiro atoms. The highest BCUT2D eigenvalue weighted by atomic mass is 19.1. The molecule has 18 heavy (non-hydrogen) atoms. The quantitative estimate of drug-likeness (QED) is 0.767. The lowest BCUT2D eigenvalue weighted by molar-refractivity contribution is 0.0805. The van der Waals surface area contributed by atoms with Crippen molar-refractivity contribution in [2.24, 2.45) is 5.92 Å². The SMILES string of the molecule is CC1CCC(C)N(CC(=O)c2ccc(F)cc2)C1. The predicted molar refractivity (Wildman–Crippen MR) is 70.2 cm³/mol. The van der Waals surface area contributed by atoms with Gasteiger partial charge >= 0.3 is 0 Å². The van der Waals surface area contributed by atoms with Crippen LogP contribution >= 0.6 is 0 Å². The first-order valence-corrected chi connectivity index (χ1v) is 6.59. The first kappa shape index (κ1) is 13.2. The van der Waals surface area contributed by atoms with Crippen LogP contribution in [0.3, 0.4) is 0 Å². The highest BCUT2D eigenvalue weighted by molar-refractivity contribution is 5.97. The van der Waals surface area contributed by atoms with Gasteiger partial charge in [0.15, 0.2) is 5.78 Å². The van der Waals surface area contributed by atoms with Gasteiger partial charge in [-0.15, -0.1) is 0 Å². The molecule has 1 saturated heterocycles. The van der Waals surface area contributed by atoms with Gasteiger partial charge in [-0.3, -0.25) is 9.69 Å². The molecule has 1 aromatic carbocycles. The van der Waals surface area contributed by atoms with Crippen LogP contribution in [0.25, 0.3) is 0 Å². The minimum absolute atomic E-state index is 0.0796. The zero-order chi connectivity index (χ0) is 13.1. The summed E-state index contributed by atoms with van der Waals surface area (Å²) in [5, 5.41) is 0. The van der Waals surface area contributed by atoms with Gasteiger partial charge in [-0.25, -0.2) is 4.39 Å². The normalized spacial score (nSPS) is 25.1. The summed E-state index contributed by atoms with van der Waals surface area (Å²) in [6, 6.07) is 6.28. The summed E-state index contributed by atoms with van der Waals surface area (Å²) in [7, 11) is 0. The number of piperidine rings is 1. The van der Waals surface area contributed by atoms with Crippen LogP contribution in [0.1, 0.15) is 37.0 Å². The molecule has 0 saturated carbocycles. The molecule has 2 rings (SSSR count). The van der Waals surface area contributed by atoms with Crippen molar-refractivity contribution in [2.45, 2.75) is 32.7 Å². The summed E-state index contributed by atoms with van der Waals surface area (Å²) in [6.07, 6.45) is 2.39. The number of carbonyl (C=O) groups is 1. The van der Waals surface area contributed by atoms with E-state index in [9.17, 15) is 9.18 Å². The number of nitrogens with zero attached hydrogens (tertiary/aromatic N) is 1. The van der Waals surface area contributed by atoms with E-state index in [1.54, 1.807) is 12.1 Å². The van der Waals surface area contributed by atoms with Crippen LogP contribution in [0.2, 0.25) is 0 Å². The molecule has 0 aliphatic carbocycles. The van der Waals surface area contributed by atoms with Crippen molar-refractivity contribution in [2.75, 3.05) is 13.1 Å². The first-order valence-electron chi connectivity index (χ1n) is 6.59. The first-order chi connectivity index (χ1) is 8.56. The second-order valence-electron chi connectivity index (χ2n) is 5.39. The van der Waals surface area contributed by atoms with E-state index in [0.717, 1.165) is 13.0 Å². The number of carbonyl (C=O) groups excluding carboxylic acids is 1. The van der Waals surface area contributed by atoms with Crippen molar-refractivity contribution in [1.82, 2.24) is 4.90 Å². The number of benzene rings is 1. The lowest BCUT2D eigenvalue weighted by Crippen LogP contribution is -2.43. The van der Waals surface area contributed by atoms with Crippen molar-refractivity contribution in [3.63, 3.8) is 0 Å². The molecular formula is C15H20FNO. The summed E-state index contributed by atoms with van der Waals surface area (Å²) in [5.41, 5.74) is 0.599. The van der Waals surface area contributed by atoms with E-state index in [4.69, 9.17) is 0 Å². The standard InChI is InChI=1S/C15H20FNO/c1-11-3-4-12(2)17(9-11)10-15(18)13-5-7-14(16)8-6-13/h5-8,11-12H,3-4,9-10H2,1-2H3. The number of ketones is 1. The van der Waals surface area contributed by atoms with Gasteiger partial charge in [-0.05, 0) is 49.9 Å². The van der Waals surface area contributed by atoms with Crippen LogP contribution in [-0.4, -0.2) is 29.8 Å². The van der Waals surface area contributed by atoms with E-state index in [1.807, 2.05) is 0 Å². The molecule has 1 heterocycles. The lowest BCUT2D eigenvalue weighted by atomic mass is 9.94. The largest absolute Gasteiger partial charge is 0.293 e. The molecular weight excluding hydrogens is 229 g/mol. The summed E-state index contributed by atoms with van der Waals surface area (Å²) < 4.78 is 12.8. The van der Waals surface area contributed by atoms with Crippen molar-refractivity contribution in [3.8, 4) is 0 Å². The average molecular weight is 249 g/mol. The van der Waals surface area contributed by atoms with Gasteiger partial charge < -0.3 is 0 Å². The molecule has 1 fully saturated rings. The Kier molecular flexibility index (Phi) is 4.12. The minimum Gasteiger partial charge on any atom is -0.293 e. The van der Waals surface area contributed by atoms with Gasteiger partial charge in [0, 0.05) is 18.2 Å². The van der Waals surface area contributed by atoms with Crippen LogP contribution in [0.4, 0.5) is 4.39 Å². The number of rotatable bonds is 3. The van der Waals surface area contributed by atoms with Crippen molar-refractivity contribution in [1.29, 1.82) is 0 Å². The Hall–Kier alpha value is -1.22. The molecule has 0 bridgehead atoms. The summed E-state index contributed by atoms with van der Waals surface area (Å²) >= 11 is 0. The number of Topliss-reactive ketones (excluding diaryl/α,β-unsaturated/α-hetero) is 1. The van der Waals surface area contributed by atoms with Crippen LogP contribution in [-0.2, 0) is 0 Å². The maximum absolute atomic E-state index is 12.8. The van der Waals surface area contributed by atoms with Gasteiger partial charge in [-0.2, -0.15) is 0 Å². The number of hydrogen-bond acceptors (Lipinski definition) is 2. The third-order valence-corrected chi connectivity index (χ3v) is 3.76. The molecule has 0 radical (unpaired) electrons. The third-order valence-electron chi connectivity index (χ3n) is 3.76. The molecule has 1 aliphatic heterocycles. The molecule has 1 aromatic rings.